The minimum atomic E-state index is -2.14. The number of amides is 1. The van der Waals surface area contributed by atoms with Crippen LogP contribution in [0, 0.1) is 0 Å². The molecule has 0 heterocycles. The lowest BCUT2D eigenvalue weighted by Crippen LogP contribution is -2.49. The molecule has 136 valence electrons. The molecule has 0 aliphatic rings. The van der Waals surface area contributed by atoms with Gasteiger partial charge in [-0.3, -0.25) is 4.79 Å². The number of ether oxygens (including phenoxy) is 1. The first-order valence-corrected chi connectivity index (χ1v) is 11.3. The van der Waals surface area contributed by atoms with Crippen molar-refractivity contribution >= 4 is 55.0 Å². The normalized spacial score (nSPS) is 15.7. The Kier molecular flexibility index (Phi) is 8.38. The average molecular weight is 407 g/mol. The van der Waals surface area contributed by atoms with E-state index in [1.54, 1.807) is 0 Å². The Morgan fingerprint density at radius 1 is 1.17 bits per heavy atom. The number of esters is 1. The highest BCUT2D eigenvalue weighted by Crippen LogP contribution is 2.37. The first-order chi connectivity index (χ1) is 10.1. The molecule has 0 bridgehead atoms. The van der Waals surface area contributed by atoms with Crippen LogP contribution in [0.4, 0.5) is 0 Å². The van der Waals surface area contributed by atoms with Crippen LogP contribution in [0.15, 0.2) is 0 Å². The predicted molar refractivity (Wildman–Crippen MR) is 96.6 cm³/mol. The maximum atomic E-state index is 11.9. The van der Waals surface area contributed by atoms with E-state index in [4.69, 9.17) is 44.0 Å². The van der Waals surface area contributed by atoms with Crippen molar-refractivity contribution in [3.8, 4) is 0 Å². The number of hydrogen-bond donors (Lipinski definition) is 1. The van der Waals surface area contributed by atoms with Gasteiger partial charge < -0.3 is 14.5 Å². The molecular weight excluding hydrogens is 381 g/mol. The molecule has 0 saturated carbocycles. The molecule has 0 aromatic rings. The Morgan fingerprint density at radius 2 is 1.65 bits per heavy atom. The number of alkyl halides is 3. The monoisotopic (exact) mass is 405 g/mol. The Labute approximate surface area is 154 Å². The molecule has 1 N–H and O–H groups in total. The zero-order valence-corrected chi connectivity index (χ0v) is 17.9. The lowest BCUT2D eigenvalue weighted by Gasteiger charge is -2.39. The highest BCUT2D eigenvalue weighted by atomic mass is 35.6. The summed E-state index contributed by atoms with van der Waals surface area (Å²) in [7, 11) is -0.767. The van der Waals surface area contributed by atoms with Crippen molar-refractivity contribution < 1.29 is 18.8 Å². The fourth-order valence-electron chi connectivity index (χ4n) is 1.66. The molecule has 2 atom stereocenters. The van der Waals surface area contributed by atoms with E-state index in [1.165, 1.54) is 7.11 Å². The summed E-state index contributed by atoms with van der Waals surface area (Å²) in [6.07, 6.45) is -0.0401. The van der Waals surface area contributed by atoms with Crippen LogP contribution in [0.2, 0.25) is 18.1 Å². The lowest BCUT2D eigenvalue weighted by molar-refractivity contribution is -0.145. The van der Waals surface area contributed by atoms with Crippen molar-refractivity contribution in [2.45, 2.75) is 68.2 Å². The van der Waals surface area contributed by atoms with Crippen molar-refractivity contribution in [1.29, 1.82) is 0 Å². The molecule has 9 heteroatoms. The van der Waals surface area contributed by atoms with E-state index in [0.717, 1.165) is 0 Å². The molecule has 0 spiro atoms. The van der Waals surface area contributed by atoms with E-state index in [2.05, 4.69) is 39.2 Å². The number of hydrogen-bond acceptors (Lipinski definition) is 4. The van der Waals surface area contributed by atoms with E-state index >= 15 is 0 Å². The summed E-state index contributed by atoms with van der Waals surface area (Å²) >= 11 is 16.6. The zero-order valence-electron chi connectivity index (χ0n) is 14.6. The van der Waals surface area contributed by atoms with Gasteiger partial charge in [0.2, 0.25) is 0 Å². The molecular formula is C14H26Cl3NO4Si. The molecule has 0 saturated heterocycles. The Hall–Kier alpha value is -0.0131. The van der Waals surface area contributed by atoms with Crippen molar-refractivity contribution in [3.05, 3.63) is 0 Å². The van der Waals surface area contributed by atoms with Crippen LogP contribution < -0.4 is 5.32 Å². The van der Waals surface area contributed by atoms with Gasteiger partial charge in [0.1, 0.15) is 6.04 Å². The lowest BCUT2D eigenvalue weighted by atomic mass is 10.1. The average Bonchev–Trinajstić information content (AvgIpc) is 2.33. The topological polar surface area (TPSA) is 64.6 Å². The molecule has 0 aromatic carbocycles. The Balaban J connectivity index is 4.98. The van der Waals surface area contributed by atoms with Gasteiger partial charge in [0, 0.05) is 12.5 Å². The van der Waals surface area contributed by atoms with Gasteiger partial charge in [0.15, 0.2) is 8.32 Å². The van der Waals surface area contributed by atoms with E-state index in [-0.39, 0.29) is 17.6 Å². The highest BCUT2D eigenvalue weighted by molar-refractivity contribution is 6.76. The standard InChI is InChI=1S/C14H26Cl3NO4Si/c1-9(22-23(6,7)13(2,3)4)8-10(11(19)21-5)18-12(20)14(15,16)17/h9-10H,8H2,1-7H3,(H,18,20)/t9-,10-/m0/s1. The molecule has 23 heavy (non-hydrogen) atoms. The van der Waals surface area contributed by atoms with Crippen molar-refractivity contribution in [1.82, 2.24) is 5.32 Å². The smallest absolute Gasteiger partial charge is 0.328 e. The summed E-state index contributed by atoms with van der Waals surface area (Å²) in [5.74, 6) is -1.49. The Bertz CT molecular complexity index is 433. The number of carbonyl (C=O) groups excluding carboxylic acids is 2. The number of halogens is 3. The van der Waals surface area contributed by atoms with E-state index in [0.29, 0.717) is 0 Å². The maximum Gasteiger partial charge on any atom is 0.328 e. The summed E-state index contributed by atoms with van der Waals surface area (Å²) < 4.78 is 8.73. The number of carbonyl (C=O) groups is 2. The highest BCUT2D eigenvalue weighted by Gasteiger charge is 2.40. The third kappa shape index (κ3) is 7.60. The van der Waals surface area contributed by atoms with Crippen molar-refractivity contribution in [3.63, 3.8) is 0 Å². The van der Waals surface area contributed by atoms with Crippen LogP contribution in [-0.4, -0.2) is 43.2 Å². The van der Waals surface area contributed by atoms with Gasteiger partial charge in [-0.15, -0.1) is 0 Å². The van der Waals surface area contributed by atoms with Crippen molar-refractivity contribution in [2.75, 3.05) is 7.11 Å². The second kappa shape index (κ2) is 8.38. The molecule has 1 amide bonds. The molecule has 0 aromatic heterocycles. The van der Waals surface area contributed by atoms with E-state index < -0.39 is 30.0 Å². The van der Waals surface area contributed by atoms with Gasteiger partial charge in [-0.05, 0) is 25.1 Å². The molecule has 5 nitrogen and oxygen atoms in total. The fraction of sp³-hybridized carbons (Fsp3) is 0.857. The van der Waals surface area contributed by atoms with Gasteiger partial charge in [-0.2, -0.15) is 0 Å². The summed E-state index contributed by atoms with van der Waals surface area (Å²) in [6.45, 7) is 12.4. The van der Waals surface area contributed by atoms with Gasteiger partial charge >= 0.3 is 5.97 Å². The van der Waals surface area contributed by atoms with Crippen LogP contribution >= 0.6 is 34.8 Å². The molecule has 0 radical (unpaired) electrons. The van der Waals surface area contributed by atoms with Gasteiger partial charge in [0.05, 0.1) is 7.11 Å². The molecule has 0 rings (SSSR count). The summed E-state index contributed by atoms with van der Waals surface area (Å²) in [5.41, 5.74) is 0. The quantitative estimate of drug-likeness (QED) is 0.414. The zero-order chi connectivity index (χ0) is 18.6. The first-order valence-electron chi connectivity index (χ1n) is 7.25. The predicted octanol–water partition coefficient (Wildman–Crippen LogP) is 3.81. The van der Waals surface area contributed by atoms with Crippen molar-refractivity contribution in [2.24, 2.45) is 0 Å². The molecule has 0 fully saturated rings. The van der Waals surface area contributed by atoms with Gasteiger partial charge in [-0.25, -0.2) is 4.79 Å². The van der Waals surface area contributed by atoms with Crippen LogP contribution in [-0.2, 0) is 18.8 Å². The summed E-state index contributed by atoms with van der Waals surface area (Å²) in [6, 6.07) is -0.942. The van der Waals surface area contributed by atoms with Crippen LogP contribution in [0.5, 0.6) is 0 Å². The second-order valence-corrected chi connectivity index (χ2v) is 14.0. The minimum Gasteiger partial charge on any atom is -0.467 e. The van der Waals surface area contributed by atoms with Gasteiger partial charge in [-0.1, -0.05) is 55.6 Å². The number of methoxy groups -OCH3 is 1. The summed E-state index contributed by atoms with van der Waals surface area (Å²) in [4.78, 5) is 23.6. The third-order valence-corrected chi connectivity index (χ3v) is 9.04. The Morgan fingerprint density at radius 3 is 2.00 bits per heavy atom. The molecule has 0 aliphatic carbocycles. The number of rotatable bonds is 6. The van der Waals surface area contributed by atoms with Gasteiger partial charge in [0.25, 0.3) is 9.70 Å². The largest absolute Gasteiger partial charge is 0.467 e. The first kappa shape index (κ1) is 23.0. The van der Waals surface area contributed by atoms with Crippen LogP contribution in [0.1, 0.15) is 34.1 Å². The van der Waals surface area contributed by atoms with E-state index in [9.17, 15) is 9.59 Å². The van der Waals surface area contributed by atoms with Crippen LogP contribution in [0.3, 0.4) is 0 Å². The maximum absolute atomic E-state index is 11.9. The minimum absolute atomic E-state index is 0.0306. The fourth-order valence-corrected chi connectivity index (χ4v) is 3.28. The third-order valence-electron chi connectivity index (χ3n) is 3.92. The van der Waals surface area contributed by atoms with E-state index in [1.807, 2.05) is 6.92 Å². The molecule has 0 aliphatic heterocycles. The number of nitrogens with one attached hydrogen (secondary N) is 1. The summed E-state index contributed by atoms with van der Waals surface area (Å²) in [5, 5.41) is 2.42. The van der Waals surface area contributed by atoms with Crippen LogP contribution in [0.25, 0.3) is 0 Å². The SMILES string of the molecule is COC(=O)[C@H](C[C@H](C)O[Si](C)(C)C(C)(C)C)NC(=O)C(Cl)(Cl)Cl. The molecule has 0 unspecified atom stereocenters. The second-order valence-electron chi connectivity index (χ2n) is 6.97.